The van der Waals surface area contributed by atoms with Gasteiger partial charge in [-0.25, -0.2) is 13.2 Å². The van der Waals surface area contributed by atoms with E-state index < -0.39 is 28.5 Å². The molecule has 0 aliphatic rings. The molecule has 0 aliphatic carbocycles. The number of carbonyl (C=O) groups is 2. The summed E-state index contributed by atoms with van der Waals surface area (Å²) < 4.78 is 32.4. The van der Waals surface area contributed by atoms with Gasteiger partial charge in [-0.3, -0.25) is 9.10 Å². The van der Waals surface area contributed by atoms with Crippen LogP contribution in [0.25, 0.3) is 0 Å². The molecule has 0 heterocycles. The Kier molecular flexibility index (Phi) is 8.84. The number of benzene rings is 2. The van der Waals surface area contributed by atoms with Gasteiger partial charge in [-0.05, 0) is 44.2 Å². The van der Waals surface area contributed by atoms with E-state index in [9.17, 15) is 18.0 Å². The van der Waals surface area contributed by atoms with Crippen LogP contribution in [0.15, 0.2) is 77.7 Å². The van der Waals surface area contributed by atoms with Crippen molar-refractivity contribution in [2.24, 2.45) is 0 Å². The summed E-state index contributed by atoms with van der Waals surface area (Å²) in [5.41, 5.74) is 0.612. The molecular weight excluding hydrogens is 440 g/mol. The van der Waals surface area contributed by atoms with E-state index in [-0.39, 0.29) is 22.2 Å². The van der Waals surface area contributed by atoms with Gasteiger partial charge in [-0.15, -0.1) is 0 Å². The maximum absolute atomic E-state index is 13.1. The number of anilines is 2. The van der Waals surface area contributed by atoms with Gasteiger partial charge >= 0.3 is 5.97 Å². The maximum Gasteiger partial charge on any atom is 0.331 e. The molecule has 7 nitrogen and oxygen atoms in total. The molecule has 164 valence electrons. The number of nitrogens with zero attached hydrogens (tertiary/aromatic N) is 1. The zero-order valence-electron chi connectivity index (χ0n) is 17.1. The van der Waals surface area contributed by atoms with Gasteiger partial charge in [0.2, 0.25) is 0 Å². The minimum absolute atomic E-state index is 0.0378. The molecule has 31 heavy (non-hydrogen) atoms. The fourth-order valence-electron chi connectivity index (χ4n) is 2.59. The van der Waals surface area contributed by atoms with Crippen molar-refractivity contribution in [2.75, 3.05) is 22.8 Å². The van der Waals surface area contributed by atoms with Gasteiger partial charge in [0.05, 0.1) is 21.3 Å². The molecule has 0 unspecified atom stereocenters. The van der Waals surface area contributed by atoms with Crippen LogP contribution in [0.4, 0.5) is 11.4 Å². The number of allylic oxidation sites excluding steroid dienone is 3. The first-order valence-electron chi connectivity index (χ1n) is 9.43. The minimum Gasteiger partial charge on any atom is -0.452 e. The molecule has 0 atom stereocenters. The van der Waals surface area contributed by atoms with Crippen molar-refractivity contribution in [3.05, 3.63) is 77.9 Å². The fraction of sp³-hybridized carbons (Fsp3) is 0.182. The predicted octanol–water partition coefficient (Wildman–Crippen LogP) is 4.17. The van der Waals surface area contributed by atoms with Crippen molar-refractivity contribution in [1.82, 2.24) is 0 Å². The Hall–Kier alpha value is -3.10. The van der Waals surface area contributed by atoms with Gasteiger partial charge in [-0.1, -0.05) is 48.0 Å². The molecule has 0 fully saturated rings. The fourth-order valence-corrected chi connectivity index (χ4v) is 4.25. The van der Waals surface area contributed by atoms with Gasteiger partial charge in [0.15, 0.2) is 6.61 Å². The molecular formula is C22H23ClN2O5S. The highest BCUT2D eigenvalue weighted by Crippen LogP contribution is 2.29. The molecule has 0 spiro atoms. The highest BCUT2D eigenvalue weighted by molar-refractivity contribution is 7.92. The molecule has 2 rings (SSSR count). The SMILES string of the molecule is CC=CC=CC(=O)OCC(=O)Nc1cc(S(=O)(=O)N(CC)c2ccccc2)ccc1Cl. The average Bonchev–Trinajstić information content (AvgIpc) is 2.75. The highest BCUT2D eigenvalue weighted by atomic mass is 35.5. The van der Waals surface area contributed by atoms with Crippen LogP contribution in [-0.2, 0) is 24.3 Å². The number of rotatable bonds is 9. The zero-order valence-corrected chi connectivity index (χ0v) is 18.7. The molecule has 2 aromatic rings. The number of carbonyl (C=O) groups excluding carboxylic acids is 2. The van der Waals surface area contributed by atoms with Crippen molar-refractivity contribution in [2.45, 2.75) is 18.7 Å². The highest BCUT2D eigenvalue weighted by Gasteiger charge is 2.24. The summed E-state index contributed by atoms with van der Waals surface area (Å²) in [6.07, 6.45) is 6.03. The van der Waals surface area contributed by atoms with Gasteiger partial charge < -0.3 is 10.1 Å². The van der Waals surface area contributed by atoms with Gasteiger partial charge in [0.1, 0.15) is 0 Å². The number of ether oxygens (including phenoxy) is 1. The van der Waals surface area contributed by atoms with Crippen LogP contribution in [0.5, 0.6) is 0 Å². The van der Waals surface area contributed by atoms with Crippen molar-refractivity contribution in [3.8, 4) is 0 Å². The van der Waals surface area contributed by atoms with E-state index in [4.69, 9.17) is 16.3 Å². The molecule has 0 aliphatic heterocycles. The lowest BCUT2D eigenvalue weighted by atomic mass is 10.3. The zero-order chi connectivity index (χ0) is 22.9. The van der Waals surface area contributed by atoms with Crippen molar-refractivity contribution < 1.29 is 22.7 Å². The lowest BCUT2D eigenvalue weighted by molar-refractivity contribution is -0.142. The van der Waals surface area contributed by atoms with Gasteiger partial charge in [-0.2, -0.15) is 0 Å². The first-order valence-corrected chi connectivity index (χ1v) is 11.2. The average molecular weight is 463 g/mol. The second-order valence-electron chi connectivity index (χ2n) is 6.19. The summed E-state index contributed by atoms with van der Waals surface area (Å²) in [7, 11) is -3.90. The molecule has 0 saturated carbocycles. The Labute approximate surface area is 187 Å². The topological polar surface area (TPSA) is 92.8 Å². The van der Waals surface area contributed by atoms with Crippen LogP contribution < -0.4 is 9.62 Å². The summed E-state index contributed by atoms with van der Waals surface area (Å²) in [6.45, 7) is 3.19. The Morgan fingerprint density at radius 2 is 1.84 bits per heavy atom. The van der Waals surface area contributed by atoms with E-state index in [1.54, 1.807) is 56.3 Å². The second kappa shape index (κ2) is 11.3. The van der Waals surface area contributed by atoms with E-state index in [1.165, 1.54) is 34.7 Å². The molecule has 0 radical (unpaired) electrons. The third-order valence-corrected chi connectivity index (χ3v) is 6.24. The Morgan fingerprint density at radius 1 is 1.13 bits per heavy atom. The van der Waals surface area contributed by atoms with Crippen molar-refractivity contribution in [3.63, 3.8) is 0 Å². The van der Waals surface area contributed by atoms with Crippen molar-refractivity contribution >= 4 is 44.9 Å². The van der Waals surface area contributed by atoms with Crippen molar-refractivity contribution in [1.29, 1.82) is 0 Å². The normalized spacial score (nSPS) is 11.6. The van der Waals surface area contributed by atoms with E-state index in [0.717, 1.165) is 0 Å². The van der Waals surface area contributed by atoms with Crippen LogP contribution in [-0.4, -0.2) is 33.4 Å². The Morgan fingerprint density at radius 3 is 2.48 bits per heavy atom. The van der Waals surface area contributed by atoms with E-state index >= 15 is 0 Å². The number of halogens is 1. The summed E-state index contributed by atoms with van der Waals surface area (Å²) in [5, 5.41) is 2.62. The molecule has 2 aromatic carbocycles. The van der Waals surface area contributed by atoms with E-state index in [0.29, 0.717) is 5.69 Å². The van der Waals surface area contributed by atoms with Crippen LogP contribution in [0.3, 0.4) is 0 Å². The Bertz CT molecular complexity index is 1080. The van der Waals surface area contributed by atoms with Crippen LogP contribution in [0, 0.1) is 0 Å². The molecule has 0 aromatic heterocycles. The second-order valence-corrected chi connectivity index (χ2v) is 8.46. The van der Waals surface area contributed by atoms with E-state index in [2.05, 4.69) is 5.32 Å². The monoisotopic (exact) mass is 462 g/mol. The van der Waals surface area contributed by atoms with Gasteiger partial charge in [0, 0.05) is 12.6 Å². The predicted molar refractivity (Wildman–Crippen MR) is 122 cm³/mol. The molecule has 9 heteroatoms. The lowest BCUT2D eigenvalue weighted by Gasteiger charge is -2.23. The molecule has 1 amide bonds. The largest absolute Gasteiger partial charge is 0.452 e. The summed E-state index contributed by atoms with van der Waals surface area (Å²) in [6, 6.07) is 12.7. The summed E-state index contributed by atoms with van der Waals surface area (Å²) in [5.74, 6) is -1.34. The smallest absolute Gasteiger partial charge is 0.331 e. The number of nitrogens with one attached hydrogen (secondary N) is 1. The number of hydrogen-bond acceptors (Lipinski definition) is 5. The number of hydrogen-bond donors (Lipinski definition) is 1. The molecule has 1 N–H and O–H groups in total. The Balaban J connectivity index is 2.17. The molecule has 0 bridgehead atoms. The standard InChI is InChI=1S/C22H23ClN2O5S/c1-3-5-7-12-22(27)30-16-21(26)24-20-15-18(13-14-19(20)23)31(28,29)25(4-2)17-10-8-6-9-11-17/h3,5-15H,4,16H2,1-2H3,(H,24,26). The minimum atomic E-state index is -3.90. The van der Waals surface area contributed by atoms with Crippen LogP contribution >= 0.6 is 11.6 Å². The first kappa shape index (κ1) is 24.2. The van der Waals surface area contributed by atoms with Gasteiger partial charge in [0.25, 0.3) is 15.9 Å². The van der Waals surface area contributed by atoms with E-state index in [1.807, 2.05) is 0 Å². The summed E-state index contributed by atoms with van der Waals surface area (Å²) in [4.78, 5) is 23.6. The van der Waals surface area contributed by atoms with Crippen LogP contribution in [0.1, 0.15) is 13.8 Å². The number of sulfonamides is 1. The summed E-state index contributed by atoms with van der Waals surface area (Å²) >= 11 is 6.12. The third-order valence-electron chi connectivity index (χ3n) is 4.01. The maximum atomic E-state index is 13.1. The quantitative estimate of drug-likeness (QED) is 0.343. The lowest BCUT2D eigenvalue weighted by Crippen LogP contribution is -2.30. The molecule has 0 saturated heterocycles. The number of esters is 1. The number of para-hydroxylation sites is 1. The van der Waals surface area contributed by atoms with Crippen LogP contribution in [0.2, 0.25) is 5.02 Å². The third kappa shape index (κ3) is 6.70. The number of amides is 1. The first-order chi connectivity index (χ1) is 14.8.